The van der Waals surface area contributed by atoms with Gasteiger partial charge in [0.05, 0.1) is 26.6 Å². The Kier molecular flexibility index (Phi) is 3.43. The molecule has 0 amide bonds. The molecule has 2 aromatic heterocycles. The van der Waals surface area contributed by atoms with Crippen LogP contribution >= 0.6 is 11.3 Å². The minimum absolute atomic E-state index is 0.00714. The van der Waals surface area contributed by atoms with Gasteiger partial charge in [-0.25, -0.2) is 9.78 Å². The van der Waals surface area contributed by atoms with Gasteiger partial charge in [-0.2, -0.15) is 0 Å². The first-order valence-electron chi connectivity index (χ1n) is 7.34. The Bertz CT molecular complexity index is 1170. The van der Waals surface area contributed by atoms with Crippen molar-refractivity contribution in [2.45, 2.75) is 0 Å². The quantitative estimate of drug-likeness (QED) is 0.328. The molecule has 0 saturated carbocycles. The zero-order valence-corrected chi connectivity index (χ0v) is 13.5. The third-order valence-electron chi connectivity index (χ3n) is 3.93. The molecule has 4 rings (SSSR count). The number of rotatable bonds is 3. The molecular formula is C18H10N2O4S. The smallest absolute Gasteiger partial charge is 0.336 e. The van der Waals surface area contributed by atoms with Crippen LogP contribution in [-0.2, 0) is 0 Å². The molecule has 7 heteroatoms. The van der Waals surface area contributed by atoms with Crippen LogP contribution in [0.5, 0.6) is 0 Å². The van der Waals surface area contributed by atoms with E-state index in [1.807, 2.05) is 36.4 Å². The van der Waals surface area contributed by atoms with Crippen molar-refractivity contribution in [1.29, 1.82) is 0 Å². The van der Waals surface area contributed by atoms with Crippen molar-refractivity contribution in [3.05, 3.63) is 70.3 Å². The SMILES string of the molecule is O=C(O)c1cc(-c2ccc([N+](=O)[O-])s2)nc2cc3ccccc3cc12. The van der Waals surface area contributed by atoms with Crippen LogP contribution in [0.1, 0.15) is 10.4 Å². The van der Waals surface area contributed by atoms with Gasteiger partial charge in [-0.05, 0) is 35.0 Å². The molecule has 0 aliphatic rings. The van der Waals surface area contributed by atoms with Gasteiger partial charge in [0, 0.05) is 11.5 Å². The van der Waals surface area contributed by atoms with E-state index in [2.05, 4.69) is 4.98 Å². The molecule has 1 N–H and O–H groups in total. The summed E-state index contributed by atoms with van der Waals surface area (Å²) < 4.78 is 0. The summed E-state index contributed by atoms with van der Waals surface area (Å²) >= 11 is 0.972. The molecule has 25 heavy (non-hydrogen) atoms. The highest BCUT2D eigenvalue weighted by atomic mass is 32.1. The highest BCUT2D eigenvalue weighted by molar-refractivity contribution is 7.18. The average molecular weight is 350 g/mol. The Labute approximate surface area is 145 Å². The predicted octanol–water partition coefficient (Wildman–Crippen LogP) is 4.72. The Morgan fingerprint density at radius 1 is 1.08 bits per heavy atom. The number of nitro groups is 1. The fraction of sp³-hybridized carbons (Fsp3) is 0. The van der Waals surface area contributed by atoms with Gasteiger partial charge in [0.1, 0.15) is 0 Å². The number of carbonyl (C=O) groups is 1. The molecule has 2 aromatic carbocycles. The number of aromatic carboxylic acids is 1. The molecule has 0 unspecified atom stereocenters. The Hall–Kier alpha value is -3.32. The second kappa shape index (κ2) is 5.64. The van der Waals surface area contributed by atoms with Gasteiger partial charge >= 0.3 is 11.0 Å². The predicted molar refractivity (Wildman–Crippen MR) is 96.2 cm³/mol. The minimum atomic E-state index is -1.06. The van der Waals surface area contributed by atoms with E-state index in [0.29, 0.717) is 21.5 Å². The van der Waals surface area contributed by atoms with E-state index < -0.39 is 10.9 Å². The molecule has 4 aromatic rings. The van der Waals surface area contributed by atoms with Gasteiger partial charge in [-0.3, -0.25) is 10.1 Å². The van der Waals surface area contributed by atoms with Crippen molar-refractivity contribution in [3.8, 4) is 10.6 Å². The number of thiophene rings is 1. The van der Waals surface area contributed by atoms with E-state index in [4.69, 9.17) is 0 Å². The molecule has 0 bridgehead atoms. The van der Waals surface area contributed by atoms with Crippen LogP contribution in [0.4, 0.5) is 5.00 Å². The molecule has 6 nitrogen and oxygen atoms in total. The first-order chi connectivity index (χ1) is 12.0. The van der Waals surface area contributed by atoms with Gasteiger partial charge in [0.15, 0.2) is 0 Å². The van der Waals surface area contributed by atoms with Crippen LogP contribution in [0.2, 0.25) is 0 Å². The third kappa shape index (κ3) is 2.60. The molecule has 0 spiro atoms. The van der Waals surface area contributed by atoms with E-state index in [9.17, 15) is 20.0 Å². The van der Waals surface area contributed by atoms with Crippen molar-refractivity contribution in [1.82, 2.24) is 4.98 Å². The maximum atomic E-state index is 11.7. The molecule has 0 radical (unpaired) electrons. The van der Waals surface area contributed by atoms with E-state index in [0.717, 1.165) is 22.1 Å². The van der Waals surface area contributed by atoms with E-state index in [-0.39, 0.29) is 10.6 Å². The molecule has 0 atom stereocenters. The number of aromatic nitrogens is 1. The summed E-state index contributed by atoms with van der Waals surface area (Å²) in [5, 5.41) is 22.9. The standard InChI is InChI=1S/C18H10N2O4S/c21-18(22)13-9-15(16-5-6-17(25-16)20(23)24)19-14-8-11-4-2-1-3-10(11)7-12(13)14/h1-9H,(H,21,22). The van der Waals surface area contributed by atoms with Crippen molar-refractivity contribution in [3.63, 3.8) is 0 Å². The van der Waals surface area contributed by atoms with Gasteiger partial charge in [0.2, 0.25) is 0 Å². The molecule has 0 aliphatic heterocycles. The number of carboxylic acid groups (broad SMARTS) is 1. The van der Waals surface area contributed by atoms with Gasteiger partial charge < -0.3 is 5.11 Å². The largest absolute Gasteiger partial charge is 0.478 e. The molecule has 122 valence electrons. The van der Waals surface area contributed by atoms with Crippen molar-refractivity contribution >= 4 is 44.0 Å². The summed E-state index contributed by atoms with van der Waals surface area (Å²) in [6.45, 7) is 0. The third-order valence-corrected chi connectivity index (χ3v) is 4.99. The summed E-state index contributed by atoms with van der Waals surface area (Å²) in [6, 6.07) is 15.7. The lowest BCUT2D eigenvalue weighted by atomic mass is 10.0. The van der Waals surface area contributed by atoms with Crippen molar-refractivity contribution in [2.24, 2.45) is 0 Å². The molecule has 0 saturated heterocycles. The van der Waals surface area contributed by atoms with E-state index in [1.165, 1.54) is 12.1 Å². The Morgan fingerprint density at radius 2 is 1.80 bits per heavy atom. The van der Waals surface area contributed by atoms with Crippen LogP contribution in [-0.4, -0.2) is 21.0 Å². The molecule has 0 aliphatic carbocycles. The van der Waals surface area contributed by atoms with Crippen molar-refractivity contribution < 1.29 is 14.8 Å². The van der Waals surface area contributed by atoms with Crippen molar-refractivity contribution in [2.75, 3.05) is 0 Å². The maximum absolute atomic E-state index is 11.7. The normalized spacial score (nSPS) is 11.0. The first kappa shape index (κ1) is 15.2. The zero-order chi connectivity index (χ0) is 17.6. The first-order valence-corrected chi connectivity index (χ1v) is 8.16. The lowest BCUT2D eigenvalue weighted by molar-refractivity contribution is -0.380. The summed E-state index contributed by atoms with van der Waals surface area (Å²) in [7, 11) is 0. The van der Waals surface area contributed by atoms with Gasteiger partial charge in [-0.15, -0.1) is 0 Å². The van der Waals surface area contributed by atoms with Gasteiger partial charge in [0.25, 0.3) is 0 Å². The second-order valence-electron chi connectivity index (χ2n) is 5.47. The van der Waals surface area contributed by atoms with E-state index >= 15 is 0 Å². The summed E-state index contributed by atoms with van der Waals surface area (Å²) in [6.07, 6.45) is 0. The number of pyridine rings is 1. The Morgan fingerprint density at radius 3 is 2.44 bits per heavy atom. The molecular weight excluding hydrogens is 340 g/mol. The zero-order valence-electron chi connectivity index (χ0n) is 12.7. The summed E-state index contributed by atoms with van der Waals surface area (Å²) in [5.41, 5.74) is 1.09. The van der Waals surface area contributed by atoms with Crippen LogP contribution in [0.3, 0.4) is 0 Å². The number of nitrogens with zero attached hydrogens (tertiary/aromatic N) is 2. The minimum Gasteiger partial charge on any atom is -0.478 e. The monoisotopic (exact) mass is 350 g/mol. The number of hydrogen-bond donors (Lipinski definition) is 1. The lowest BCUT2D eigenvalue weighted by Gasteiger charge is -2.07. The summed E-state index contributed by atoms with van der Waals surface area (Å²) in [5.74, 6) is -1.06. The Balaban J connectivity index is 2.01. The number of fused-ring (bicyclic) bond motifs is 2. The maximum Gasteiger partial charge on any atom is 0.336 e. The topological polar surface area (TPSA) is 93.3 Å². The van der Waals surface area contributed by atoms with Crippen LogP contribution in [0, 0.1) is 10.1 Å². The van der Waals surface area contributed by atoms with Crippen LogP contribution in [0.15, 0.2) is 54.6 Å². The number of hydrogen-bond acceptors (Lipinski definition) is 5. The summed E-state index contributed by atoms with van der Waals surface area (Å²) in [4.78, 5) is 27.2. The molecule has 2 heterocycles. The fourth-order valence-electron chi connectivity index (χ4n) is 2.78. The highest BCUT2D eigenvalue weighted by Gasteiger charge is 2.17. The highest BCUT2D eigenvalue weighted by Crippen LogP contribution is 2.34. The van der Waals surface area contributed by atoms with Crippen LogP contribution in [0.25, 0.3) is 32.2 Å². The average Bonchev–Trinajstić information content (AvgIpc) is 3.09. The molecule has 0 fully saturated rings. The lowest BCUT2D eigenvalue weighted by Crippen LogP contribution is -2.00. The number of carboxylic acids is 1. The second-order valence-corrected chi connectivity index (χ2v) is 6.53. The van der Waals surface area contributed by atoms with E-state index in [1.54, 1.807) is 6.07 Å². The van der Waals surface area contributed by atoms with Crippen LogP contribution < -0.4 is 0 Å². The fourth-order valence-corrected chi connectivity index (χ4v) is 3.56. The van der Waals surface area contributed by atoms with Gasteiger partial charge in [-0.1, -0.05) is 35.6 Å². The number of benzene rings is 2.